The van der Waals surface area contributed by atoms with E-state index in [9.17, 15) is 9.59 Å². The van der Waals surface area contributed by atoms with Crippen molar-refractivity contribution in [1.82, 2.24) is 10.3 Å². The number of oxazole rings is 1. The zero-order valence-corrected chi connectivity index (χ0v) is 9.81. The number of carboxylic acid groups (broad SMARTS) is 1. The number of ether oxygens (including phenoxy) is 1. The van der Waals surface area contributed by atoms with E-state index in [1.807, 2.05) is 0 Å². The molecule has 0 saturated heterocycles. The molecule has 1 heterocycles. The van der Waals surface area contributed by atoms with Crippen LogP contribution in [0.1, 0.15) is 30.2 Å². The number of aliphatic carboxylic acids is 1. The molecule has 0 aliphatic heterocycles. The van der Waals surface area contributed by atoms with Gasteiger partial charge in [-0.3, -0.25) is 9.59 Å². The standard InChI is InChI=1S/C10H14N2O5/c1-4-16-10-6(3)12-8(17-10)7(13)11-5(2)9(14)15/h5H,4H2,1-3H3,(H,11,13)(H,14,15). The highest BCUT2D eigenvalue weighted by molar-refractivity contribution is 5.92. The van der Waals surface area contributed by atoms with Crippen molar-refractivity contribution in [2.45, 2.75) is 26.8 Å². The smallest absolute Gasteiger partial charge is 0.325 e. The number of carbonyl (C=O) groups excluding carboxylic acids is 1. The van der Waals surface area contributed by atoms with Gasteiger partial charge in [0.25, 0.3) is 5.89 Å². The summed E-state index contributed by atoms with van der Waals surface area (Å²) < 4.78 is 10.2. The second kappa shape index (κ2) is 5.33. The lowest BCUT2D eigenvalue weighted by Gasteiger charge is -2.05. The van der Waals surface area contributed by atoms with E-state index in [0.717, 1.165) is 0 Å². The molecule has 0 aromatic carbocycles. The number of nitrogens with zero attached hydrogens (tertiary/aromatic N) is 1. The fraction of sp³-hybridized carbons (Fsp3) is 0.500. The first-order valence-corrected chi connectivity index (χ1v) is 5.09. The minimum atomic E-state index is -1.13. The number of amides is 1. The highest BCUT2D eigenvalue weighted by Crippen LogP contribution is 2.18. The van der Waals surface area contributed by atoms with Gasteiger partial charge in [0.1, 0.15) is 11.7 Å². The summed E-state index contributed by atoms with van der Waals surface area (Å²) in [6, 6.07) is -1.01. The van der Waals surface area contributed by atoms with E-state index < -0.39 is 17.9 Å². The Hall–Kier alpha value is -2.05. The summed E-state index contributed by atoms with van der Waals surface area (Å²) >= 11 is 0. The summed E-state index contributed by atoms with van der Waals surface area (Å²) in [6.07, 6.45) is 0. The van der Waals surface area contributed by atoms with Gasteiger partial charge in [-0.1, -0.05) is 0 Å². The number of hydrogen-bond donors (Lipinski definition) is 2. The predicted octanol–water partition coefficient (Wildman–Crippen LogP) is 0.585. The average Bonchev–Trinajstić information content (AvgIpc) is 2.61. The van der Waals surface area contributed by atoms with Crippen LogP contribution in [0.25, 0.3) is 0 Å². The van der Waals surface area contributed by atoms with E-state index in [2.05, 4.69) is 10.3 Å². The molecule has 7 nitrogen and oxygen atoms in total. The minimum Gasteiger partial charge on any atom is -0.480 e. The minimum absolute atomic E-state index is 0.167. The van der Waals surface area contributed by atoms with Crippen LogP contribution >= 0.6 is 0 Å². The van der Waals surface area contributed by atoms with Crippen LogP contribution < -0.4 is 10.1 Å². The molecule has 0 bridgehead atoms. The Labute approximate surface area is 97.8 Å². The SMILES string of the molecule is CCOc1oc(C(=O)NC(C)C(=O)O)nc1C. The van der Waals surface area contributed by atoms with Gasteiger partial charge in [-0.05, 0) is 20.8 Å². The fourth-order valence-electron chi connectivity index (χ4n) is 1.06. The largest absolute Gasteiger partial charge is 0.480 e. The molecule has 1 unspecified atom stereocenters. The molecule has 2 N–H and O–H groups in total. The van der Waals surface area contributed by atoms with E-state index in [1.165, 1.54) is 6.92 Å². The van der Waals surface area contributed by atoms with Crippen molar-refractivity contribution in [3.63, 3.8) is 0 Å². The van der Waals surface area contributed by atoms with Crippen molar-refractivity contribution >= 4 is 11.9 Å². The highest BCUT2D eigenvalue weighted by Gasteiger charge is 2.21. The Bertz CT molecular complexity index is 426. The Kier molecular flexibility index (Phi) is 4.08. The topological polar surface area (TPSA) is 102 Å². The van der Waals surface area contributed by atoms with E-state index in [4.69, 9.17) is 14.3 Å². The third-order valence-electron chi connectivity index (χ3n) is 1.94. The second-order valence-corrected chi connectivity index (χ2v) is 3.36. The molecule has 0 saturated carbocycles. The van der Waals surface area contributed by atoms with Crippen LogP contribution in [0.5, 0.6) is 5.95 Å². The van der Waals surface area contributed by atoms with E-state index in [0.29, 0.717) is 12.3 Å². The van der Waals surface area contributed by atoms with Gasteiger partial charge in [0.15, 0.2) is 0 Å². The van der Waals surface area contributed by atoms with Gasteiger partial charge in [-0.2, -0.15) is 0 Å². The summed E-state index contributed by atoms with van der Waals surface area (Å²) in [4.78, 5) is 25.9. The maximum Gasteiger partial charge on any atom is 0.325 e. The molecule has 0 spiro atoms. The van der Waals surface area contributed by atoms with Crippen molar-refractivity contribution < 1.29 is 23.8 Å². The molecule has 1 atom stereocenters. The van der Waals surface area contributed by atoms with Gasteiger partial charge in [-0.15, -0.1) is 0 Å². The van der Waals surface area contributed by atoms with Crippen molar-refractivity contribution in [2.75, 3.05) is 6.61 Å². The molecule has 1 rings (SSSR count). The van der Waals surface area contributed by atoms with Crippen molar-refractivity contribution in [3.05, 3.63) is 11.6 Å². The van der Waals surface area contributed by atoms with Gasteiger partial charge >= 0.3 is 17.8 Å². The number of carbonyl (C=O) groups is 2. The van der Waals surface area contributed by atoms with E-state index in [1.54, 1.807) is 13.8 Å². The highest BCUT2D eigenvalue weighted by atomic mass is 16.6. The normalized spacial score (nSPS) is 11.9. The molecule has 1 aromatic heterocycles. The van der Waals surface area contributed by atoms with Crippen LogP contribution in [0, 0.1) is 6.92 Å². The van der Waals surface area contributed by atoms with Gasteiger partial charge in [-0.25, -0.2) is 4.98 Å². The third-order valence-corrected chi connectivity index (χ3v) is 1.94. The van der Waals surface area contributed by atoms with Crippen molar-refractivity contribution in [2.24, 2.45) is 0 Å². The second-order valence-electron chi connectivity index (χ2n) is 3.36. The third kappa shape index (κ3) is 3.20. The molecule has 0 aliphatic rings. The average molecular weight is 242 g/mol. The first-order chi connectivity index (χ1) is 7.95. The molecule has 1 aromatic rings. The Morgan fingerprint density at radius 1 is 1.59 bits per heavy atom. The van der Waals surface area contributed by atoms with Crippen LogP contribution in [0.2, 0.25) is 0 Å². The molecule has 0 fully saturated rings. The van der Waals surface area contributed by atoms with Crippen LogP contribution in [0.3, 0.4) is 0 Å². The number of rotatable bonds is 5. The number of aromatic nitrogens is 1. The molecule has 94 valence electrons. The summed E-state index contributed by atoms with van der Waals surface area (Å²) in [7, 11) is 0. The summed E-state index contributed by atoms with van der Waals surface area (Å²) in [5.41, 5.74) is 0.444. The number of hydrogen-bond acceptors (Lipinski definition) is 5. The molecular formula is C10H14N2O5. The van der Waals surface area contributed by atoms with Gasteiger partial charge in [0.2, 0.25) is 0 Å². The van der Waals surface area contributed by atoms with Gasteiger partial charge in [0.05, 0.1) is 6.61 Å². The molecule has 17 heavy (non-hydrogen) atoms. The maximum atomic E-state index is 11.5. The molecule has 1 amide bonds. The van der Waals surface area contributed by atoms with Crippen molar-refractivity contribution in [1.29, 1.82) is 0 Å². The Morgan fingerprint density at radius 3 is 2.76 bits per heavy atom. The molecule has 7 heteroatoms. The quantitative estimate of drug-likeness (QED) is 0.783. The summed E-state index contributed by atoms with van der Waals surface area (Å²) in [6.45, 7) is 5.14. The first kappa shape index (κ1) is 13.0. The van der Waals surface area contributed by atoms with Crippen molar-refractivity contribution in [3.8, 4) is 5.95 Å². The van der Waals surface area contributed by atoms with E-state index in [-0.39, 0.29) is 11.8 Å². The van der Waals surface area contributed by atoms with Crippen LogP contribution in [0.15, 0.2) is 4.42 Å². The number of aryl methyl sites for hydroxylation is 1. The predicted molar refractivity (Wildman–Crippen MR) is 57.0 cm³/mol. The summed E-state index contributed by atoms with van der Waals surface area (Å²) in [5, 5.41) is 10.9. The summed E-state index contributed by atoms with van der Waals surface area (Å²) in [5.74, 6) is -1.86. The zero-order chi connectivity index (χ0) is 13.0. The maximum absolute atomic E-state index is 11.5. The van der Waals surface area contributed by atoms with Gasteiger partial charge < -0.3 is 19.6 Å². The lowest BCUT2D eigenvalue weighted by Crippen LogP contribution is -2.38. The lowest BCUT2D eigenvalue weighted by molar-refractivity contribution is -0.138. The molecule has 0 aliphatic carbocycles. The zero-order valence-electron chi connectivity index (χ0n) is 9.81. The fourth-order valence-corrected chi connectivity index (χ4v) is 1.06. The number of carboxylic acids is 1. The molecule has 0 radical (unpaired) electrons. The molecular weight excluding hydrogens is 228 g/mol. The first-order valence-electron chi connectivity index (χ1n) is 5.09. The van der Waals surface area contributed by atoms with E-state index >= 15 is 0 Å². The van der Waals surface area contributed by atoms with Gasteiger partial charge in [0, 0.05) is 0 Å². The lowest BCUT2D eigenvalue weighted by atomic mass is 10.3. The van der Waals surface area contributed by atoms with Crippen LogP contribution in [-0.2, 0) is 4.79 Å². The Morgan fingerprint density at radius 2 is 2.24 bits per heavy atom. The van der Waals surface area contributed by atoms with Crippen LogP contribution in [0.4, 0.5) is 0 Å². The van der Waals surface area contributed by atoms with Crippen LogP contribution in [-0.4, -0.2) is 34.6 Å². The Balaban J connectivity index is 2.76. The number of nitrogens with one attached hydrogen (secondary N) is 1. The monoisotopic (exact) mass is 242 g/mol.